The van der Waals surface area contributed by atoms with Crippen molar-refractivity contribution in [2.75, 3.05) is 23.8 Å². The molecule has 24 heavy (non-hydrogen) atoms. The van der Waals surface area contributed by atoms with Gasteiger partial charge in [0, 0.05) is 35.9 Å². The first-order valence-corrected chi connectivity index (χ1v) is 8.14. The Hall–Kier alpha value is -2.75. The Morgan fingerprint density at radius 2 is 2.04 bits per heavy atom. The SMILES string of the molecule is CCN(C)c1cccc(NC(=O)Cc2coc3cc(C)ccc23)c1. The van der Waals surface area contributed by atoms with Gasteiger partial charge in [0.25, 0.3) is 0 Å². The molecule has 0 radical (unpaired) electrons. The molecular weight excluding hydrogens is 300 g/mol. The monoisotopic (exact) mass is 322 g/mol. The highest BCUT2D eigenvalue weighted by Crippen LogP contribution is 2.23. The summed E-state index contributed by atoms with van der Waals surface area (Å²) in [6.45, 7) is 5.03. The Labute approximate surface area is 142 Å². The van der Waals surface area contributed by atoms with E-state index in [1.807, 2.05) is 56.4 Å². The van der Waals surface area contributed by atoms with Crippen LogP contribution in [0, 0.1) is 6.92 Å². The molecule has 3 aromatic rings. The van der Waals surface area contributed by atoms with E-state index in [2.05, 4.69) is 17.1 Å². The van der Waals surface area contributed by atoms with Crippen LogP contribution in [-0.4, -0.2) is 19.5 Å². The number of rotatable bonds is 5. The van der Waals surface area contributed by atoms with E-state index in [1.54, 1.807) is 6.26 Å². The summed E-state index contributed by atoms with van der Waals surface area (Å²) in [7, 11) is 2.03. The zero-order valence-electron chi connectivity index (χ0n) is 14.3. The highest BCUT2D eigenvalue weighted by Gasteiger charge is 2.11. The van der Waals surface area contributed by atoms with Crippen LogP contribution in [-0.2, 0) is 11.2 Å². The molecule has 1 amide bonds. The Balaban J connectivity index is 1.73. The molecule has 0 aliphatic carbocycles. The third-order valence-electron chi connectivity index (χ3n) is 4.21. The molecule has 0 unspecified atom stereocenters. The summed E-state index contributed by atoms with van der Waals surface area (Å²) in [4.78, 5) is 14.5. The first-order chi connectivity index (χ1) is 11.6. The third kappa shape index (κ3) is 3.43. The lowest BCUT2D eigenvalue weighted by Gasteiger charge is -2.17. The average molecular weight is 322 g/mol. The van der Waals surface area contributed by atoms with Gasteiger partial charge in [-0.2, -0.15) is 0 Å². The van der Waals surface area contributed by atoms with Crippen LogP contribution >= 0.6 is 0 Å². The quantitative estimate of drug-likeness (QED) is 0.758. The van der Waals surface area contributed by atoms with Crippen molar-refractivity contribution in [1.29, 1.82) is 0 Å². The molecule has 4 heteroatoms. The lowest BCUT2D eigenvalue weighted by molar-refractivity contribution is -0.115. The van der Waals surface area contributed by atoms with Crippen LogP contribution in [0.1, 0.15) is 18.1 Å². The summed E-state index contributed by atoms with van der Waals surface area (Å²) < 4.78 is 5.56. The average Bonchev–Trinajstić information content (AvgIpc) is 2.96. The number of nitrogens with zero attached hydrogens (tertiary/aromatic N) is 1. The fourth-order valence-corrected chi connectivity index (χ4v) is 2.71. The smallest absolute Gasteiger partial charge is 0.228 e. The Morgan fingerprint density at radius 1 is 1.21 bits per heavy atom. The van der Waals surface area contributed by atoms with Crippen molar-refractivity contribution in [3.63, 3.8) is 0 Å². The highest BCUT2D eigenvalue weighted by molar-refractivity contribution is 5.95. The van der Waals surface area contributed by atoms with Gasteiger partial charge in [0.2, 0.25) is 5.91 Å². The van der Waals surface area contributed by atoms with Crippen molar-refractivity contribution < 1.29 is 9.21 Å². The van der Waals surface area contributed by atoms with Crippen LogP contribution in [0.4, 0.5) is 11.4 Å². The number of nitrogens with one attached hydrogen (secondary N) is 1. The number of carbonyl (C=O) groups excluding carboxylic acids is 1. The minimum Gasteiger partial charge on any atom is -0.464 e. The van der Waals surface area contributed by atoms with Gasteiger partial charge in [0.1, 0.15) is 5.58 Å². The predicted molar refractivity (Wildman–Crippen MR) is 98.7 cm³/mol. The number of carbonyl (C=O) groups is 1. The molecule has 2 aromatic carbocycles. The van der Waals surface area contributed by atoms with E-state index >= 15 is 0 Å². The molecular formula is C20H22N2O2. The maximum atomic E-state index is 12.4. The molecule has 0 spiro atoms. The zero-order chi connectivity index (χ0) is 17.1. The number of anilines is 2. The Bertz CT molecular complexity index is 867. The van der Waals surface area contributed by atoms with Gasteiger partial charge >= 0.3 is 0 Å². The molecule has 1 N–H and O–H groups in total. The van der Waals surface area contributed by atoms with E-state index in [0.29, 0.717) is 6.42 Å². The van der Waals surface area contributed by atoms with Crippen molar-refractivity contribution in [1.82, 2.24) is 0 Å². The van der Waals surface area contributed by atoms with Crippen LogP contribution in [0.15, 0.2) is 53.1 Å². The summed E-state index contributed by atoms with van der Waals surface area (Å²) in [5.74, 6) is -0.0467. The first-order valence-electron chi connectivity index (χ1n) is 8.14. The van der Waals surface area contributed by atoms with E-state index < -0.39 is 0 Å². The molecule has 0 atom stereocenters. The number of hydrogen-bond acceptors (Lipinski definition) is 3. The van der Waals surface area contributed by atoms with Gasteiger partial charge in [-0.15, -0.1) is 0 Å². The van der Waals surface area contributed by atoms with Crippen molar-refractivity contribution >= 4 is 28.3 Å². The molecule has 0 bridgehead atoms. The number of amides is 1. The zero-order valence-corrected chi connectivity index (χ0v) is 14.3. The second-order valence-electron chi connectivity index (χ2n) is 6.05. The molecule has 124 valence electrons. The number of hydrogen-bond donors (Lipinski definition) is 1. The molecule has 0 aliphatic rings. The summed E-state index contributed by atoms with van der Waals surface area (Å²) in [6.07, 6.45) is 1.97. The van der Waals surface area contributed by atoms with E-state index in [-0.39, 0.29) is 5.91 Å². The van der Waals surface area contributed by atoms with E-state index in [4.69, 9.17) is 4.42 Å². The molecule has 0 saturated carbocycles. The summed E-state index contributed by atoms with van der Waals surface area (Å²) in [5.41, 5.74) is 4.76. The van der Waals surface area contributed by atoms with Crippen molar-refractivity contribution in [3.05, 3.63) is 59.9 Å². The molecule has 3 rings (SSSR count). The number of aryl methyl sites for hydroxylation is 1. The number of benzene rings is 2. The maximum absolute atomic E-state index is 12.4. The van der Waals surface area contributed by atoms with E-state index in [9.17, 15) is 4.79 Å². The van der Waals surface area contributed by atoms with Gasteiger partial charge in [0.15, 0.2) is 0 Å². The van der Waals surface area contributed by atoms with Crippen molar-refractivity contribution in [2.24, 2.45) is 0 Å². The molecule has 1 heterocycles. The van der Waals surface area contributed by atoms with Crippen LogP contribution in [0.2, 0.25) is 0 Å². The highest BCUT2D eigenvalue weighted by atomic mass is 16.3. The molecule has 0 aliphatic heterocycles. The van der Waals surface area contributed by atoms with Gasteiger partial charge in [-0.25, -0.2) is 0 Å². The maximum Gasteiger partial charge on any atom is 0.228 e. The van der Waals surface area contributed by atoms with E-state index in [1.165, 1.54) is 0 Å². The van der Waals surface area contributed by atoms with Gasteiger partial charge in [0.05, 0.1) is 12.7 Å². The normalized spacial score (nSPS) is 10.8. The van der Waals surface area contributed by atoms with Crippen LogP contribution in [0.25, 0.3) is 11.0 Å². The third-order valence-corrected chi connectivity index (χ3v) is 4.21. The summed E-state index contributed by atoms with van der Waals surface area (Å²) in [6, 6.07) is 13.9. The fraction of sp³-hybridized carbons (Fsp3) is 0.250. The van der Waals surface area contributed by atoms with Gasteiger partial charge in [-0.1, -0.05) is 18.2 Å². The minimum absolute atomic E-state index is 0.0467. The van der Waals surface area contributed by atoms with Gasteiger partial charge < -0.3 is 14.6 Å². The van der Waals surface area contributed by atoms with Crippen molar-refractivity contribution in [2.45, 2.75) is 20.3 Å². The lowest BCUT2D eigenvalue weighted by atomic mass is 10.1. The fourth-order valence-electron chi connectivity index (χ4n) is 2.71. The predicted octanol–water partition coefficient (Wildman–Crippen LogP) is 4.38. The van der Waals surface area contributed by atoms with Gasteiger partial charge in [-0.3, -0.25) is 4.79 Å². The lowest BCUT2D eigenvalue weighted by Crippen LogP contribution is -2.17. The second kappa shape index (κ2) is 6.79. The van der Waals surface area contributed by atoms with Crippen LogP contribution in [0.3, 0.4) is 0 Å². The van der Waals surface area contributed by atoms with Crippen LogP contribution in [0.5, 0.6) is 0 Å². The number of furan rings is 1. The van der Waals surface area contributed by atoms with E-state index in [0.717, 1.165) is 40.0 Å². The number of fused-ring (bicyclic) bond motifs is 1. The Kier molecular flexibility index (Phi) is 4.56. The van der Waals surface area contributed by atoms with Gasteiger partial charge in [-0.05, 0) is 43.7 Å². The first kappa shape index (κ1) is 16.1. The standard InChI is InChI=1S/C20H22N2O2/c1-4-22(3)17-7-5-6-16(12-17)21-20(23)11-15-13-24-19-10-14(2)8-9-18(15)19/h5-10,12-13H,4,11H2,1-3H3,(H,21,23). The Morgan fingerprint density at radius 3 is 2.83 bits per heavy atom. The molecule has 0 saturated heterocycles. The molecule has 4 nitrogen and oxygen atoms in total. The topological polar surface area (TPSA) is 45.5 Å². The molecule has 1 aromatic heterocycles. The summed E-state index contributed by atoms with van der Waals surface area (Å²) in [5, 5.41) is 3.96. The van der Waals surface area contributed by atoms with Crippen LogP contribution < -0.4 is 10.2 Å². The molecule has 0 fully saturated rings. The van der Waals surface area contributed by atoms with Crippen molar-refractivity contribution in [3.8, 4) is 0 Å². The largest absolute Gasteiger partial charge is 0.464 e. The minimum atomic E-state index is -0.0467. The second-order valence-corrected chi connectivity index (χ2v) is 6.05. The summed E-state index contributed by atoms with van der Waals surface area (Å²) >= 11 is 0.